The van der Waals surface area contributed by atoms with Crippen LogP contribution in [0, 0.1) is 6.92 Å². The number of hydrogen-bond donors (Lipinski definition) is 2. The molecule has 0 aromatic heterocycles. The number of hydrogen-bond acceptors (Lipinski definition) is 5. The van der Waals surface area contributed by atoms with Gasteiger partial charge in [0.2, 0.25) is 15.9 Å². The van der Waals surface area contributed by atoms with Crippen molar-refractivity contribution in [1.82, 2.24) is 0 Å². The van der Waals surface area contributed by atoms with E-state index in [1.165, 1.54) is 13.8 Å². The number of carbonyl (C=O) groups is 1. The first-order valence-corrected chi connectivity index (χ1v) is 9.95. The first-order chi connectivity index (χ1) is 12.6. The number of carbonyl (C=O) groups excluding carboxylic acids is 1. The maximum atomic E-state index is 12.6. The Hall–Kier alpha value is -2.58. The van der Waals surface area contributed by atoms with E-state index in [4.69, 9.17) is 10.5 Å². The first kappa shape index (κ1) is 20.7. The Balaban J connectivity index is 2.27. The van der Waals surface area contributed by atoms with Crippen molar-refractivity contribution in [3.05, 3.63) is 54.1 Å². The highest BCUT2D eigenvalue weighted by Gasteiger charge is 2.29. The third kappa shape index (κ3) is 5.21. The van der Waals surface area contributed by atoms with Crippen LogP contribution in [0.25, 0.3) is 0 Å². The molecule has 0 saturated carbocycles. The van der Waals surface area contributed by atoms with Crippen molar-refractivity contribution in [2.24, 2.45) is 5.73 Å². The van der Waals surface area contributed by atoms with E-state index in [2.05, 4.69) is 0 Å². The van der Waals surface area contributed by atoms with E-state index in [0.717, 1.165) is 9.87 Å². The molecule has 0 aliphatic rings. The molecular weight excluding hydrogens is 368 g/mol. The van der Waals surface area contributed by atoms with E-state index < -0.39 is 33.8 Å². The van der Waals surface area contributed by atoms with E-state index in [9.17, 15) is 18.3 Å². The van der Waals surface area contributed by atoms with Crippen LogP contribution in [0.3, 0.4) is 0 Å². The van der Waals surface area contributed by atoms with E-state index >= 15 is 0 Å². The zero-order valence-corrected chi connectivity index (χ0v) is 16.3. The van der Waals surface area contributed by atoms with Crippen LogP contribution < -0.4 is 14.8 Å². The molecule has 8 heteroatoms. The monoisotopic (exact) mass is 392 g/mol. The average molecular weight is 392 g/mol. The highest BCUT2D eigenvalue weighted by atomic mass is 32.2. The van der Waals surface area contributed by atoms with Crippen LogP contribution in [0.4, 0.5) is 5.69 Å². The van der Waals surface area contributed by atoms with E-state index in [1.54, 1.807) is 24.3 Å². The Labute approximate surface area is 159 Å². The third-order valence-electron chi connectivity index (χ3n) is 3.95. The fraction of sp³-hybridized carbons (Fsp3) is 0.316. The topological polar surface area (TPSA) is 110 Å². The molecule has 2 aromatic rings. The van der Waals surface area contributed by atoms with Gasteiger partial charge in [-0.2, -0.15) is 0 Å². The summed E-state index contributed by atoms with van der Waals surface area (Å²) in [6.45, 7) is 4.57. The van der Waals surface area contributed by atoms with Gasteiger partial charge < -0.3 is 15.6 Å². The summed E-state index contributed by atoms with van der Waals surface area (Å²) in [7, 11) is -3.77. The molecule has 0 saturated heterocycles. The highest BCUT2D eigenvalue weighted by Crippen LogP contribution is 2.27. The molecule has 0 radical (unpaired) electrons. The van der Waals surface area contributed by atoms with E-state index in [1.807, 2.05) is 31.2 Å². The average Bonchev–Trinajstić information content (AvgIpc) is 2.62. The van der Waals surface area contributed by atoms with Crippen LogP contribution in [0.2, 0.25) is 0 Å². The Morgan fingerprint density at radius 1 is 1.07 bits per heavy atom. The number of primary amides is 1. The Morgan fingerprint density at radius 2 is 1.56 bits per heavy atom. The zero-order valence-electron chi connectivity index (χ0n) is 15.5. The molecule has 1 amide bonds. The van der Waals surface area contributed by atoms with Crippen LogP contribution >= 0.6 is 0 Å². The quantitative estimate of drug-likeness (QED) is 0.715. The van der Waals surface area contributed by atoms with Gasteiger partial charge in [-0.05, 0) is 57.2 Å². The van der Waals surface area contributed by atoms with Crippen molar-refractivity contribution in [2.75, 3.05) is 10.8 Å². The largest absolute Gasteiger partial charge is 0.457 e. The summed E-state index contributed by atoms with van der Waals surface area (Å²) in [6.07, 6.45) is -1.61. The Morgan fingerprint density at radius 3 is 2.00 bits per heavy atom. The summed E-state index contributed by atoms with van der Waals surface area (Å²) in [5, 5.41) is 9.03. The fourth-order valence-corrected chi connectivity index (χ4v) is 3.55. The number of aliphatic hydroxyl groups excluding tert-OH is 1. The SMILES string of the molecule is Cc1ccc(Oc2ccc(N(C[C@H](O)C(N)=O)S(=O)(=O)C(C)C)cc2)cc1. The summed E-state index contributed by atoms with van der Waals surface area (Å²) in [5.41, 5.74) is 6.49. The minimum atomic E-state index is -3.77. The number of rotatable bonds is 8. The normalized spacial score (nSPS) is 12.6. The smallest absolute Gasteiger partial charge is 0.248 e. The van der Waals surface area contributed by atoms with Crippen molar-refractivity contribution in [3.8, 4) is 11.5 Å². The van der Waals surface area contributed by atoms with Crippen molar-refractivity contribution >= 4 is 21.6 Å². The van der Waals surface area contributed by atoms with Gasteiger partial charge >= 0.3 is 0 Å². The molecule has 7 nitrogen and oxygen atoms in total. The third-order valence-corrected chi connectivity index (χ3v) is 6.12. The minimum Gasteiger partial charge on any atom is -0.457 e. The van der Waals surface area contributed by atoms with Crippen LogP contribution in [0.1, 0.15) is 19.4 Å². The number of anilines is 1. The van der Waals surface area contributed by atoms with Gasteiger partial charge in [-0.25, -0.2) is 8.42 Å². The molecule has 0 aliphatic carbocycles. The Kier molecular flexibility index (Phi) is 6.45. The molecule has 1 atom stereocenters. The van der Waals surface area contributed by atoms with Gasteiger partial charge in [-0.1, -0.05) is 17.7 Å². The highest BCUT2D eigenvalue weighted by molar-refractivity contribution is 7.93. The summed E-state index contributed by atoms with van der Waals surface area (Å²) in [5.74, 6) is 0.197. The number of aliphatic hydroxyl groups is 1. The van der Waals surface area contributed by atoms with Gasteiger partial charge in [0.1, 0.15) is 11.5 Å². The van der Waals surface area contributed by atoms with Crippen LogP contribution in [-0.4, -0.2) is 37.3 Å². The maximum Gasteiger partial charge on any atom is 0.248 e. The van der Waals surface area contributed by atoms with Crippen LogP contribution in [0.5, 0.6) is 11.5 Å². The zero-order chi connectivity index (χ0) is 20.2. The molecule has 0 spiro atoms. The second-order valence-electron chi connectivity index (χ2n) is 6.45. The standard InChI is InChI=1S/C19H24N2O5S/c1-13(2)27(24,25)21(12-18(22)19(20)23)15-6-10-17(11-7-15)26-16-8-4-14(3)5-9-16/h4-11,13,18,22H,12H2,1-3H3,(H2,20,23)/t18-/m0/s1. The number of nitrogens with two attached hydrogens (primary N) is 1. The molecular formula is C19H24N2O5S. The van der Waals surface area contributed by atoms with E-state index in [0.29, 0.717) is 17.2 Å². The first-order valence-electron chi connectivity index (χ1n) is 8.45. The number of nitrogens with zero attached hydrogens (tertiary/aromatic N) is 1. The molecule has 0 fully saturated rings. The van der Waals surface area contributed by atoms with Crippen molar-refractivity contribution in [1.29, 1.82) is 0 Å². The lowest BCUT2D eigenvalue weighted by Crippen LogP contribution is -2.45. The predicted molar refractivity (Wildman–Crippen MR) is 104 cm³/mol. The molecule has 2 aromatic carbocycles. The van der Waals surface area contributed by atoms with Gasteiger partial charge in [0.05, 0.1) is 17.5 Å². The van der Waals surface area contributed by atoms with Crippen molar-refractivity contribution in [2.45, 2.75) is 32.1 Å². The van der Waals surface area contributed by atoms with Gasteiger partial charge in [-0.15, -0.1) is 0 Å². The van der Waals surface area contributed by atoms with Crippen LogP contribution in [-0.2, 0) is 14.8 Å². The fourth-order valence-electron chi connectivity index (χ4n) is 2.28. The summed E-state index contributed by atoms with van der Waals surface area (Å²) >= 11 is 0. The summed E-state index contributed by atoms with van der Waals surface area (Å²) in [6, 6.07) is 13.9. The molecule has 0 heterocycles. The second kappa shape index (κ2) is 8.41. The van der Waals surface area contributed by atoms with Gasteiger partial charge in [0, 0.05) is 0 Å². The lowest BCUT2D eigenvalue weighted by molar-refractivity contribution is -0.125. The second-order valence-corrected chi connectivity index (χ2v) is 8.87. The van der Waals surface area contributed by atoms with Crippen molar-refractivity contribution in [3.63, 3.8) is 0 Å². The predicted octanol–water partition coefficient (Wildman–Crippen LogP) is 2.18. The Bertz CT molecular complexity index is 877. The van der Waals surface area contributed by atoms with Crippen LogP contribution in [0.15, 0.2) is 48.5 Å². The van der Waals surface area contributed by atoms with E-state index in [-0.39, 0.29) is 0 Å². The molecule has 146 valence electrons. The number of benzene rings is 2. The molecule has 0 bridgehead atoms. The van der Waals surface area contributed by atoms with Crippen molar-refractivity contribution < 1.29 is 23.1 Å². The lowest BCUT2D eigenvalue weighted by Gasteiger charge is -2.27. The number of sulfonamides is 1. The maximum absolute atomic E-state index is 12.6. The summed E-state index contributed by atoms with van der Waals surface area (Å²) < 4.78 is 32.0. The molecule has 2 rings (SSSR count). The molecule has 0 unspecified atom stereocenters. The van der Waals surface area contributed by atoms with Gasteiger partial charge in [-0.3, -0.25) is 9.10 Å². The summed E-state index contributed by atoms with van der Waals surface area (Å²) in [4.78, 5) is 11.2. The number of amides is 1. The molecule has 3 N–H and O–H groups in total. The van der Waals surface area contributed by atoms with Gasteiger partial charge in [0.15, 0.2) is 6.10 Å². The molecule has 0 aliphatic heterocycles. The van der Waals surface area contributed by atoms with Gasteiger partial charge in [0.25, 0.3) is 0 Å². The molecule has 27 heavy (non-hydrogen) atoms. The number of ether oxygens (including phenoxy) is 1. The number of aryl methyl sites for hydroxylation is 1. The minimum absolute atomic E-state index is 0.306. The lowest BCUT2D eigenvalue weighted by atomic mass is 10.2.